The number of carboxylic acid groups (broad SMARTS) is 1. The van der Waals surface area contributed by atoms with Gasteiger partial charge in [-0.25, -0.2) is 4.39 Å². The van der Waals surface area contributed by atoms with E-state index in [0.29, 0.717) is 29.8 Å². The molecule has 1 N–H and O–H groups in total. The maximum absolute atomic E-state index is 14.8. The molecule has 36 heavy (non-hydrogen) atoms. The molecule has 4 rings (SSSR count). The van der Waals surface area contributed by atoms with Crippen molar-refractivity contribution in [3.05, 3.63) is 83.2 Å². The summed E-state index contributed by atoms with van der Waals surface area (Å²) in [5, 5.41) is 9.41. The zero-order valence-electron chi connectivity index (χ0n) is 21.7. The summed E-state index contributed by atoms with van der Waals surface area (Å²) < 4.78 is 26.2. The molecule has 0 heterocycles. The quantitative estimate of drug-likeness (QED) is 0.336. The highest BCUT2D eigenvalue weighted by Gasteiger charge is 2.41. The van der Waals surface area contributed by atoms with E-state index in [9.17, 15) is 14.3 Å². The van der Waals surface area contributed by atoms with Crippen molar-refractivity contribution in [2.45, 2.75) is 58.5 Å². The molecule has 0 radical (unpaired) electrons. The summed E-state index contributed by atoms with van der Waals surface area (Å²) in [7, 11) is 1.58. The van der Waals surface area contributed by atoms with E-state index in [1.54, 1.807) is 19.2 Å². The Balaban J connectivity index is 1.58. The Morgan fingerprint density at radius 3 is 2.44 bits per heavy atom. The molecule has 0 aromatic heterocycles. The lowest BCUT2D eigenvalue weighted by molar-refractivity contribution is -0.137. The van der Waals surface area contributed by atoms with Gasteiger partial charge in [-0.15, -0.1) is 0 Å². The average molecular weight is 491 g/mol. The first kappa shape index (κ1) is 25.7. The van der Waals surface area contributed by atoms with Crippen LogP contribution in [0.5, 0.6) is 11.5 Å². The van der Waals surface area contributed by atoms with Crippen LogP contribution in [0, 0.1) is 17.7 Å². The summed E-state index contributed by atoms with van der Waals surface area (Å²) in [4.78, 5) is 11.5. The van der Waals surface area contributed by atoms with E-state index >= 15 is 0 Å². The SMILES string of the molecule is COc1ccc(F)c(-c2ccc(COc3cccc([C@@H](CC(=O)O)[C@H]4C[C@H]4C)c3)cc2C(C)(C)C)c1. The minimum Gasteiger partial charge on any atom is -0.497 e. The van der Waals surface area contributed by atoms with Crippen LogP contribution in [0.2, 0.25) is 0 Å². The van der Waals surface area contributed by atoms with Crippen LogP contribution in [-0.4, -0.2) is 18.2 Å². The molecule has 3 atom stereocenters. The Kier molecular flexibility index (Phi) is 7.39. The molecule has 0 aliphatic heterocycles. The number of aliphatic carboxylic acids is 1. The van der Waals surface area contributed by atoms with Gasteiger partial charge in [-0.05, 0) is 82.2 Å². The molecule has 1 aliphatic carbocycles. The number of benzene rings is 3. The Morgan fingerprint density at radius 2 is 1.81 bits per heavy atom. The Hall–Kier alpha value is -3.34. The maximum atomic E-state index is 14.8. The predicted octanol–water partition coefficient (Wildman–Crippen LogP) is 7.59. The molecule has 0 unspecified atom stereocenters. The van der Waals surface area contributed by atoms with E-state index in [-0.39, 0.29) is 23.6 Å². The fourth-order valence-corrected chi connectivity index (χ4v) is 4.99. The molecule has 4 nitrogen and oxygen atoms in total. The highest BCUT2D eigenvalue weighted by atomic mass is 19.1. The third kappa shape index (κ3) is 5.89. The van der Waals surface area contributed by atoms with E-state index in [1.807, 2.05) is 36.4 Å². The lowest BCUT2D eigenvalue weighted by Gasteiger charge is -2.25. The van der Waals surface area contributed by atoms with Gasteiger partial charge in [0.05, 0.1) is 13.5 Å². The number of hydrogen-bond acceptors (Lipinski definition) is 3. The molecule has 5 heteroatoms. The Morgan fingerprint density at radius 1 is 1.06 bits per heavy atom. The summed E-state index contributed by atoms with van der Waals surface area (Å²) in [6.07, 6.45) is 1.20. The normalized spacial score (nSPS) is 17.9. The van der Waals surface area contributed by atoms with Gasteiger partial charge in [0.25, 0.3) is 0 Å². The van der Waals surface area contributed by atoms with Crippen LogP contribution < -0.4 is 9.47 Å². The van der Waals surface area contributed by atoms with Crippen molar-refractivity contribution in [3.63, 3.8) is 0 Å². The van der Waals surface area contributed by atoms with Crippen LogP contribution in [0.25, 0.3) is 11.1 Å². The molecule has 1 aliphatic rings. The molecule has 0 bridgehead atoms. The van der Waals surface area contributed by atoms with Gasteiger partial charge in [0, 0.05) is 5.56 Å². The minimum atomic E-state index is -0.771. The summed E-state index contributed by atoms with van der Waals surface area (Å²) in [6.45, 7) is 8.86. The van der Waals surface area contributed by atoms with Gasteiger partial charge in [-0.1, -0.05) is 58.0 Å². The minimum absolute atomic E-state index is 0.00517. The molecular weight excluding hydrogens is 455 g/mol. The fourth-order valence-electron chi connectivity index (χ4n) is 4.99. The number of carboxylic acids is 1. The van der Waals surface area contributed by atoms with Crippen molar-refractivity contribution in [2.75, 3.05) is 7.11 Å². The number of methoxy groups -OCH3 is 1. The van der Waals surface area contributed by atoms with Crippen molar-refractivity contribution in [2.24, 2.45) is 11.8 Å². The predicted molar refractivity (Wildman–Crippen MR) is 140 cm³/mol. The number of hydrogen-bond donors (Lipinski definition) is 1. The molecule has 1 saturated carbocycles. The number of rotatable bonds is 9. The van der Waals surface area contributed by atoms with Crippen molar-refractivity contribution < 1.29 is 23.8 Å². The zero-order valence-corrected chi connectivity index (χ0v) is 21.7. The van der Waals surface area contributed by atoms with E-state index in [4.69, 9.17) is 9.47 Å². The first-order valence-electron chi connectivity index (χ1n) is 12.5. The van der Waals surface area contributed by atoms with E-state index in [0.717, 1.165) is 34.4 Å². The molecule has 190 valence electrons. The number of halogens is 1. The highest BCUT2D eigenvalue weighted by molar-refractivity contribution is 5.71. The molecule has 1 fully saturated rings. The monoisotopic (exact) mass is 490 g/mol. The third-order valence-corrected chi connectivity index (χ3v) is 7.13. The number of carbonyl (C=O) groups is 1. The second-order valence-corrected chi connectivity index (χ2v) is 10.9. The fraction of sp³-hybridized carbons (Fsp3) is 0.387. The van der Waals surface area contributed by atoms with Crippen molar-refractivity contribution in [1.82, 2.24) is 0 Å². The molecule has 0 saturated heterocycles. The van der Waals surface area contributed by atoms with Crippen LogP contribution in [0.3, 0.4) is 0 Å². The third-order valence-electron chi connectivity index (χ3n) is 7.13. The van der Waals surface area contributed by atoms with Gasteiger partial charge >= 0.3 is 5.97 Å². The van der Waals surface area contributed by atoms with E-state index in [1.165, 1.54) is 6.07 Å². The second kappa shape index (κ2) is 10.3. The van der Waals surface area contributed by atoms with E-state index < -0.39 is 5.97 Å². The standard InChI is InChI=1S/C31H35FO4/c1-19-13-25(19)26(17-30(33)34)21-7-6-8-23(15-21)36-18-20-9-11-24(28(14-20)31(2,3)4)27-16-22(35-5)10-12-29(27)32/h6-12,14-16,19,25-26H,13,17-18H2,1-5H3,(H,33,34)/t19-,25+,26-/m1/s1. The summed E-state index contributed by atoms with van der Waals surface area (Å²) in [5.74, 6) is 1.25. The van der Waals surface area contributed by atoms with Crippen molar-refractivity contribution in [3.8, 4) is 22.6 Å². The average Bonchev–Trinajstić information content (AvgIpc) is 3.57. The number of ether oxygens (including phenoxy) is 2. The lowest BCUT2D eigenvalue weighted by atomic mass is 9.81. The van der Waals surface area contributed by atoms with Gasteiger partial charge in [0.2, 0.25) is 0 Å². The highest BCUT2D eigenvalue weighted by Crippen LogP contribution is 2.50. The topological polar surface area (TPSA) is 55.8 Å². The molecule has 3 aromatic carbocycles. The van der Waals surface area contributed by atoms with Crippen LogP contribution in [0.4, 0.5) is 4.39 Å². The summed E-state index contributed by atoms with van der Waals surface area (Å²) in [5.41, 5.74) is 4.15. The smallest absolute Gasteiger partial charge is 0.303 e. The van der Waals surface area contributed by atoms with Crippen LogP contribution >= 0.6 is 0 Å². The lowest BCUT2D eigenvalue weighted by Crippen LogP contribution is -2.14. The zero-order chi connectivity index (χ0) is 26.0. The van der Waals surface area contributed by atoms with Crippen LogP contribution in [-0.2, 0) is 16.8 Å². The maximum Gasteiger partial charge on any atom is 0.303 e. The molecule has 3 aromatic rings. The molecular formula is C31H35FO4. The van der Waals surface area contributed by atoms with Gasteiger partial charge < -0.3 is 14.6 Å². The van der Waals surface area contributed by atoms with Crippen LogP contribution in [0.1, 0.15) is 63.1 Å². The first-order valence-corrected chi connectivity index (χ1v) is 12.5. The molecule has 0 spiro atoms. The Bertz CT molecular complexity index is 1240. The second-order valence-electron chi connectivity index (χ2n) is 10.9. The van der Waals surface area contributed by atoms with Gasteiger partial charge in [-0.3, -0.25) is 4.79 Å². The first-order chi connectivity index (χ1) is 17.1. The van der Waals surface area contributed by atoms with Crippen LogP contribution in [0.15, 0.2) is 60.7 Å². The van der Waals surface area contributed by atoms with Gasteiger partial charge in [0.15, 0.2) is 0 Å². The summed E-state index contributed by atoms with van der Waals surface area (Å²) >= 11 is 0. The van der Waals surface area contributed by atoms with E-state index in [2.05, 4.69) is 33.8 Å². The Labute approximate surface area is 213 Å². The van der Waals surface area contributed by atoms with Crippen molar-refractivity contribution >= 4 is 5.97 Å². The van der Waals surface area contributed by atoms with Crippen molar-refractivity contribution in [1.29, 1.82) is 0 Å². The summed E-state index contributed by atoms with van der Waals surface area (Å²) in [6, 6.07) is 18.6. The van der Waals surface area contributed by atoms with Gasteiger partial charge in [-0.2, -0.15) is 0 Å². The molecule has 0 amide bonds. The largest absolute Gasteiger partial charge is 0.497 e. The van der Waals surface area contributed by atoms with Gasteiger partial charge in [0.1, 0.15) is 23.9 Å².